The van der Waals surface area contributed by atoms with Gasteiger partial charge >= 0.3 is 5.97 Å². The summed E-state index contributed by atoms with van der Waals surface area (Å²) in [5.41, 5.74) is 2.64. The van der Waals surface area contributed by atoms with E-state index in [1.54, 1.807) is 10.7 Å². The number of carbonyl (C=O) groups excluding carboxylic acids is 1. The third kappa shape index (κ3) is 5.29. The molecule has 0 aliphatic heterocycles. The first kappa shape index (κ1) is 19.8. The molecule has 0 aliphatic rings. The van der Waals surface area contributed by atoms with Gasteiger partial charge in [0.2, 0.25) is 0 Å². The first-order valence-electron chi connectivity index (χ1n) is 8.94. The molecule has 0 saturated carbocycles. The van der Waals surface area contributed by atoms with E-state index in [-0.39, 0.29) is 18.5 Å². The summed E-state index contributed by atoms with van der Waals surface area (Å²) in [4.78, 5) is 12.1. The van der Waals surface area contributed by atoms with Gasteiger partial charge in [0.15, 0.2) is 0 Å². The standard InChI is InChI=1S/C20H21ClN4O3/c1-14-11-17(21)8-9-19(14)27-10-4-7-20(26)28-15(2)16-5-3-6-18(12-16)25-13-22-23-24-25/h3,5-6,8-9,11-13,15H,4,7,10H2,1-2H3. The number of nitrogens with zero attached hydrogens (tertiary/aromatic N) is 4. The summed E-state index contributed by atoms with van der Waals surface area (Å²) in [6.07, 6.45) is 1.99. The summed E-state index contributed by atoms with van der Waals surface area (Å²) in [6.45, 7) is 4.20. The number of aryl methyl sites for hydroxylation is 1. The molecular weight excluding hydrogens is 380 g/mol. The van der Waals surface area contributed by atoms with Gasteiger partial charge in [-0.1, -0.05) is 23.7 Å². The Balaban J connectivity index is 1.46. The van der Waals surface area contributed by atoms with Gasteiger partial charge in [-0.15, -0.1) is 5.10 Å². The average molecular weight is 401 g/mol. The molecule has 3 rings (SSSR count). The second kappa shape index (κ2) is 9.32. The lowest BCUT2D eigenvalue weighted by molar-refractivity contribution is -0.148. The molecule has 0 aliphatic carbocycles. The van der Waals surface area contributed by atoms with E-state index >= 15 is 0 Å². The highest BCUT2D eigenvalue weighted by Gasteiger charge is 2.13. The summed E-state index contributed by atoms with van der Waals surface area (Å²) in [5.74, 6) is 0.502. The van der Waals surface area contributed by atoms with Crippen LogP contribution in [0.1, 0.15) is 37.0 Å². The molecule has 3 aromatic rings. The van der Waals surface area contributed by atoms with Crippen LogP contribution < -0.4 is 4.74 Å². The van der Waals surface area contributed by atoms with Crippen molar-refractivity contribution in [2.45, 2.75) is 32.8 Å². The minimum absolute atomic E-state index is 0.267. The van der Waals surface area contributed by atoms with Gasteiger partial charge in [-0.3, -0.25) is 4.79 Å². The monoisotopic (exact) mass is 400 g/mol. The Hall–Kier alpha value is -2.93. The molecule has 0 amide bonds. The maximum absolute atomic E-state index is 12.1. The summed E-state index contributed by atoms with van der Waals surface area (Å²) in [7, 11) is 0. The number of hydrogen-bond donors (Lipinski definition) is 0. The van der Waals surface area contributed by atoms with Gasteiger partial charge in [0.1, 0.15) is 18.2 Å². The van der Waals surface area contributed by atoms with Crippen LogP contribution in [0.3, 0.4) is 0 Å². The summed E-state index contributed by atoms with van der Waals surface area (Å²) >= 11 is 5.93. The van der Waals surface area contributed by atoms with Gasteiger partial charge in [-0.25, -0.2) is 4.68 Å². The Morgan fingerprint density at radius 2 is 2.11 bits per heavy atom. The normalized spacial score (nSPS) is 11.8. The van der Waals surface area contributed by atoms with E-state index in [1.807, 2.05) is 50.2 Å². The van der Waals surface area contributed by atoms with Crippen molar-refractivity contribution >= 4 is 17.6 Å². The number of halogens is 1. The Kier molecular flexibility index (Phi) is 6.60. The van der Waals surface area contributed by atoms with Crippen LogP contribution in [0.15, 0.2) is 48.8 Å². The molecule has 7 nitrogen and oxygen atoms in total. The van der Waals surface area contributed by atoms with Crippen molar-refractivity contribution in [3.63, 3.8) is 0 Å². The molecule has 0 bridgehead atoms. The maximum Gasteiger partial charge on any atom is 0.306 e. The van der Waals surface area contributed by atoms with Crippen LogP contribution in [0, 0.1) is 6.92 Å². The van der Waals surface area contributed by atoms with Crippen LogP contribution in [0.5, 0.6) is 5.75 Å². The van der Waals surface area contributed by atoms with E-state index in [9.17, 15) is 4.79 Å². The van der Waals surface area contributed by atoms with Crippen LogP contribution in [0.4, 0.5) is 0 Å². The second-order valence-electron chi connectivity index (χ2n) is 6.34. The Morgan fingerprint density at radius 3 is 2.86 bits per heavy atom. The number of esters is 1. The van der Waals surface area contributed by atoms with Gasteiger partial charge in [0, 0.05) is 11.4 Å². The first-order valence-corrected chi connectivity index (χ1v) is 9.32. The molecule has 0 spiro atoms. The molecule has 2 aromatic carbocycles. The molecule has 0 saturated heterocycles. The minimum Gasteiger partial charge on any atom is -0.493 e. The zero-order valence-corrected chi connectivity index (χ0v) is 16.5. The average Bonchev–Trinajstić information content (AvgIpc) is 3.21. The van der Waals surface area contributed by atoms with Crippen molar-refractivity contribution in [1.29, 1.82) is 0 Å². The zero-order chi connectivity index (χ0) is 19.9. The number of benzene rings is 2. The predicted molar refractivity (Wildman–Crippen MR) is 105 cm³/mol. The third-order valence-electron chi connectivity index (χ3n) is 4.18. The highest BCUT2D eigenvalue weighted by atomic mass is 35.5. The lowest BCUT2D eigenvalue weighted by Crippen LogP contribution is -2.11. The van der Waals surface area contributed by atoms with Crippen molar-refractivity contribution in [2.24, 2.45) is 0 Å². The Labute approximate surface area is 168 Å². The summed E-state index contributed by atoms with van der Waals surface area (Å²) < 4.78 is 12.8. The smallest absolute Gasteiger partial charge is 0.306 e. The maximum atomic E-state index is 12.1. The molecular formula is C20H21ClN4O3. The molecule has 1 atom stereocenters. The summed E-state index contributed by atoms with van der Waals surface area (Å²) in [5, 5.41) is 11.8. The Bertz CT molecular complexity index is 931. The highest BCUT2D eigenvalue weighted by molar-refractivity contribution is 6.30. The van der Waals surface area contributed by atoms with E-state index in [0.29, 0.717) is 18.1 Å². The van der Waals surface area contributed by atoms with Gasteiger partial charge < -0.3 is 9.47 Å². The zero-order valence-electron chi connectivity index (χ0n) is 15.7. The van der Waals surface area contributed by atoms with Crippen molar-refractivity contribution in [1.82, 2.24) is 20.2 Å². The van der Waals surface area contributed by atoms with Crippen molar-refractivity contribution in [2.75, 3.05) is 6.61 Å². The van der Waals surface area contributed by atoms with E-state index < -0.39 is 0 Å². The van der Waals surface area contributed by atoms with Gasteiger partial charge in [0.05, 0.1) is 12.3 Å². The second-order valence-corrected chi connectivity index (χ2v) is 6.78. The number of ether oxygens (including phenoxy) is 2. The highest BCUT2D eigenvalue weighted by Crippen LogP contribution is 2.23. The van der Waals surface area contributed by atoms with Crippen molar-refractivity contribution in [3.05, 3.63) is 64.9 Å². The predicted octanol–water partition coefficient (Wildman–Crippen LogP) is 4.09. The van der Waals surface area contributed by atoms with Crippen LogP contribution >= 0.6 is 11.6 Å². The third-order valence-corrected chi connectivity index (χ3v) is 4.42. The molecule has 1 aromatic heterocycles. The topological polar surface area (TPSA) is 79.1 Å². The van der Waals surface area contributed by atoms with Crippen molar-refractivity contribution < 1.29 is 14.3 Å². The van der Waals surface area contributed by atoms with Crippen LogP contribution in [0.2, 0.25) is 5.02 Å². The fraction of sp³-hybridized carbons (Fsp3) is 0.300. The minimum atomic E-state index is -0.372. The Morgan fingerprint density at radius 1 is 1.25 bits per heavy atom. The number of hydrogen-bond acceptors (Lipinski definition) is 6. The molecule has 0 radical (unpaired) electrons. The quantitative estimate of drug-likeness (QED) is 0.418. The summed E-state index contributed by atoms with van der Waals surface area (Å²) in [6, 6.07) is 13.0. The lowest BCUT2D eigenvalue weighted by Gasteiger charge is -2.15. The number of aromatic nitrogens is 4. The first-order chi connectivity index (χ1) is 13.5. The van der Waals surface area contributed by atoms with Crippen LogP contribution in [-0.4, -0.2) is 32.8 Å². The van der Waals surface area contributed by atoms with E-state index in [1.165, 1.54) is 6.33 Å². The SMILES string of the molecule is Cc1cc(Cl)ccc1OCCCC(=O)OC(C)c1cccc(-n2cnnn2)c1. The molecule has 28 heavy (non-hydrogen) atoms. The number of tetrazole rings is 1. The van der Waals surface area contributed by atoms with Crippen LogP contribution in [0.25, 0.3) is 5.69 Å². The molecule has 8 heteroatoms. The van der Waals surface area contributed by atoms with E-state index in [2.05, 4.69) is 15.5 Å². The largest absolute Gasteiger partial charge is 0.493 e. The molecule has 1 heterocycles. The fourth-order valence-electron chi connectivity index (χ4n) is 2.70. The van der Waals surface area contributed by atoms with E-state index in [4.69, 9.17) is 21.1 Å². The molecule has 1 unspecified atom stereocenters. The van der Waals surface area contributed by atoms with Gasteiger partial charge in [0.25, 0.3) is 0 Å². The molecule has 0 N–H and O–H groups in total. The lowest BCUT2D eigenvalue weighted by atomic mass is 10.1. The van der Waals surface area contributed by atoms with E-state index in [0.717, 1.165) is 22.6 Å². The number of rotatable bonds is 8. The molecule has 0 fully saturated rings. The van der Waals surface area contributed by atoms with Crippen LogP contribution in [-0.2, 0) is 9.53 Å². The van der Waals surface area contributed by atoms with Gasteiger partial charge in [-0.05, 0) is 72.2 Å². The van der Waals surface area contributed by atoms with Crippen molar-refractivity contribution in [3.8, 4) is 11.4 Å². The van der Waals surface area contributed by atoms with Gasteiger partial charge in [-0.2, -0.15) is 0 Å². The molecule has 146 valence electrons. The fourth-order valence-corrected chi connectivity index (χ4v) is 2.92. The number of carbonyl (C=O) groups is 1.